The molecule has 0 radical (unpaired) electrons. The van der Waals surface area contributed by atoms with Crippen LogP contribution in [0, 0.1) is 17.1 Å². The molecule has 0 atom stereocenters. The van der Waals surface area contributed by atoms with Crippen molar-refractivity contribution in [3.63, 3.8) is 0 Å². The van der Waals surface area contributed by atoms with E-state index in [1.54, 1.807) is 12.1 Å². The second kappa shape index (κ2) is 7.67. The molecule has 0 unspecified atom stereocenters. The van der Waals surface area contributed by atoms with Gasteiger partial charge in [-0.2, -0.15) is 5.26 Å². The second-order valence-corrected chi connectivity index (χ2v) is 8.31. The second-order valence-electron chi connectivity index (χ2n) is 7.28. The summed E-state index contributed by atoms with van der Waals surface area (Å²) in [4.78, 5) is 4.19. The summed E-state index contributed by atoms with van der Waals surface area (Å²) in [6.45, 7) is 7.61. The third-order valence-electron chi connectivity index (χ3n) is 3.89. The number of nitrogens with zero attached hydrogens (tertiary/aromatic N) is 2. The molecule has 2 aromatic carbocycles. The van der Waals surface area contributed by atoms with Crippen molar-refractivity contribution >= 4 is 33.9 Å². The summed E-state index contributed by atoms with van der Waals surface area (Å²) in [5.74, 6) is 0.356. The van der Waals surface area contributed by atoms with Crippen molar-refractivity contribution in [2.24, 2.45) is 0 Å². The van der Waals surface area contributed by atoms with E-state index in [0.29, 0.717) is 16.2 Å². The number of halogens is 1. The SMILES string of the molecule is CB(OC(C)(C)C)c1ccc(COc2ccc3nc(C#N)sc3c2)cc1F. The van der Waals surface area contributed by atoms with Gasteiger partial charge in [-0.25, -0.2) is 9.37 Å². The van der Waals surface area contributed by atoms with E-state index in [0.717, 1.165) is 15.8 Å². The molecule has 0 fully saturated rings. The Balaban J connectivity index is 1.69. The van der Waals surface area contributed by atoms with Gasteiger partial charge in [0.05, 0.1) is 10.2 Å². The fourth-order valence-corrected chi connectivity index (χ4v) is 3.58. The van der Waals surface area contributed by atoms with Crippen molar-refractivity contribution in [3.05, 3.63) is 52.8 Å². The van der Waals surface area contributed by atoms with Crippen molar-refractivity contribution in [3.8, 4) is 11.8 Å². The number of fused-ring (bicyclic) bond motifs is 1. The summed E-state index contributed by atoms with van der Waals surface area (Å²) in [5.41, 5.74) is 1.70. The van der Waals surface area contributed by atoms with Gasteiger partial charge in [0, 0.05) is 5.60 Å². The van der Waals surface area contributed by atoms with Gasteiger partial charge >= 0.3 is 6.92 Å². The average Bonchev–Trinajstić information content (AvgIpc) is 3.00. The van der Waals surface area contributed by atoms with E-state index >= 15 is 0 Å². The molecule has 0 aliphatic carbocycles. The highest BCUT2D eigenvalue weighted by atomic mass is 32.1. The smallest absolute Gasteiger partial charge is 0.327 e. The number of ether oxygens (including phenoxy) is 1. The van der Waals surface area contributed by atoms with E-state index in [2.05, 4.69) is 4.98 Å². The maximum Gasteiger partial charge on any atom is 0.327 e. The largest absolute Gasteiger partial charge is 0.489 e. The Kier molecular flexibility index (Phi) is 5.49. The fraction of sp³-hybridized carbons (Fsp3) is 0.300. The lowest BCUT2D eigenvalue weighted by atomic mass is 9.62. The molecule has 0 bridgehead atoms. The van der Waals surface area contributed by atoms with Crippen molar-refractivity contribution < 1.29 is 13.8 Å². The minimum absolute atomic E-state index is 0.251. The molecule has 138 valence electrons. The van der Waals surface area contributed by atoms with Gasteiger partial charge < -0.3 is 9.39 Å². The van der Waals surface area contributed by atoms with E-state index in [-0.39, 0.29) is 24.9 Å². The molecule has 1 aromatic heterocycles. The van der Waals surface area contributed by atoms with Gasteiger partial charge in [-0.3, -0.25) is 0 Å². The molecule has 0 aliphatic heterocycles. The highest BCUT2D eigenvalue weighted by Crippen LogP contribution is 2.26. The Bertz CT molecular complexity index is 1010. The molecule has 0 N–H and O–H groups in total. The minimum Gasteiger partial charge on any atom is -0.489 e. The van der Waals surface area contributed by atoms with Crippen LogP contribution in [0.5, 0.6) is 5.75 Å². The van der Waals surface area contributed by atoms with Crippen LogP contribution in [0.4, 0.5) is 4.39 Å². The van der Waals surface area contributed by atoms with Crippen LogP contribution in [0.15, 0.2) is 36.4 Å². The first-order valence-corrected chi connectivity index (χ1v) is 9.46. The van der Waals surface area contributed by atoms with Gasteiger partial charge in [0.1, 0.15) is 24.2 Å². The number of benzene rings is 2. The molecule has 27 heavy (non-hydrogen) atoms. The molecule has 0 amide bonds. The van der Waals surface area contributed by atoms with Crippen molar-refractivity contribution in [1.29, 1.82) is 5.26 Å². The van der Waals surface area contributed by atoms with Gasteiger partial charge in [0.25, 0.3) is 0 Å². The van der Waals surface area contributed by atoms with Crippen LogP contribution in [0.3, 0.4) is 0 Å². The van der Waals surface area contributed by atoms with Crippen LogP contribution < -0.4 is 10.2 Å². The van der Waals surface area contributed by atoms with Gasteiger partial charge in [0.2, 0.25) is 0 Å². The zero-order chi connectivity index (χ0) is 19.6. The molecule has 0 aliphatic rings. The summed E-state index contributed by atoms with van der Waals surface area (Å²) < 4.78 is 27.0. The standard InChI is InChI=1S/C20H20BFN2O2S/c1-20(2,3)26-21(4)15-7-5-13(9-16(15)22)12-25-14-6-8-17-18(10-14)27-19(11-23)24-17/h5-10H,12H2,1-4H3. The summed E-state index contributed by atoms with van der Waals surface area (Å²) in [5, 5.41) is 9.35. The van der Waals surface area contributed by atoms with Crippen molar-refractivity contribution in [2.45, 2.75) is 39.8 Å². The Morgan fingerprint density at radius 2 is 2.00 bits per heavy atom. The lowest BCUT2D eigenvalue weighted by Gasteiger charge is -2.24. The highest BCUT2D eigenvalue weighted by molar-refractivity contribution is 7.19. The Morgan fingerprint density at radius 1 is 1.22 bits per heavy atom. The van der Waals surface area contributed by atoms with Crippen molar-refractivity contribution in [2.75, 3.05) is 0 Å². The van der Waals surface area contributed by atoms with Gasteiger partial charge in [-0.05, 0) is 56.1 Å². The molecule has 3 aromatic rings. The average molecular weight is 382 g/mol. The molecule has 7 heteroatoms. The maximum absolute atomic E-state index is 14.5. The minimum atomic E-state index is -0.339. The van der Waals surface area contributed by atoms with E-state index < -0.39 is 0 Å². The van der Waals surface area contributed by atoms with Crippen LogP contribution >= 0.6 is 11.3 Å². The zero-order valence-electron chi connectivity index (χ0n) is 15.7. The molecule has 0 spiro atoms. The lowest BCUT2D eigenvalue weighted by molar-refractivity contribution is 0.134. The molecule has 0 saturated carbocycles. The number of nitriles is 1. The number of aromatic nitrogens is 1. The maximum atomic E-state index is 14.5. The molecule has 0 saturated heterocycles. The third-order valence-corrected chi connectivity index (χ3v) is 4.82. The summed E-state index contributed by atoms with van der Waals surface area (Å²) in [7, 11) is 0. The molecular formula is C20H20BFN2O2S. The van der Waals surface area contributed by atoms with Gasteiger partial charge in [-0.1, -0.05) is 19.0 Å². The number of rotatable bonds is 5. The summed E-state index contributed by atoms with van der Waals surface area (Å²) in [6, 6.07) is 12.6. The van der Waals surface area contributed by atoms with Gasteiger partial charge in [0.15, 0.2) is 5.01 Å². The van der Waals surface area contributed by atoms with E-state index in [4.69, 9.17) is 14.7 Å². The molecule has 4 nitrogen and oxygen atoms in total. The quantitative estimate of drug-likeness (QED) is 0.609. The zero-order valence-corrected chi connectivity index (χ0v) is 16.6. The normalized spacial score (nSPS) is 11.4. The predicted octanol–water partition coefficient (Wildman–Crippen LogP) is 4.53. The van der Waals surface area contributed by atoms with E-state index in [1.807, 2.05) is 51.9 Å². The van der Waals surface area contributed by atoms with Crippen LogP contribution in [-0.2, 0) is 11.3 Å². The Morgan fingerprint density at radius 3 is 2.67 bits per heavy atom. The first-order chi connectivity index (χ1) is 12.7. The number of hydrogen-bond donors (Lipinski definition) is 0. The van der Waals surface area contributed by atoms with Crippen LogP contribution in [0.1, 0.15) is 31.3 Å². The number of thiazole rings is 1. The number of hydrogen-bond acceptors (Lipinski definition) is 5. The Hall–Kier alpha value is -2.43. The Labute approximate surface area is 162 Å². The third kappa shape index (κ3) is 4.85. The lowest BCUT2D eigenvalue weighted by Crippen LogP contribution is -2.39. The van der Waals surface area contributed by atoms with Crippen LogP contribution in [-0.4, -0.2) is 17.5 Å². The topological polar surface area (TPSA) is 55.1 Å². The summed E-state index contributed by atoms with van der Waals surface area (Å²) >= 11 is 1.32. The first-order valence-electron chi connectivity index (χ1n) is 8.65. The monoisotopic (exact) mass is 382 g/mol. The molecular weight excluding hydrogens is 362 g/mol. The predicted molar refractivity (Wildman–Crippen MR) is 107 cm³/mol. The first kappa shape index (κ1) is 19.3. The van der Waals surface area contributed by atoms with Crippen LogP contribution in [0.2, 0.25) is 6.82 Å². The van der Waals surface area contributed by atoms with Crippen LogP contribution in [0.25, 0.3) is 10.2 Å². The molecule has 1 heterocycles. The highest BCUT2D eigenvalue weighted by Gasteiger charge is 2.23. The molecule has 3 rings (SSSR count). The fourth-order valence-electron chi connectivity index (χ4n) is 2.79. The van der Waals surface area contributed by atoms with E-state index in [1.165, 1.54) is 17.4 Å². The van der Waals surface area contributed by atoms with Gasteiger partial charge in [-0.15, -0.1) is 11.3 Å². The van der Waals surface area contributed by atoms with E-state index in [9.17, 15) is 4.39 Å². The van der Waals surface area contributed by atoms with Crippen molar-refractivity contribution in [1.82, 2.24) is 4.98 Å². The summed E-state index contributed by atoms with van der Waals surface area (Å²) in [6.07, 6.45) is 0.